The number of nitrogens with zero attached hydrogens (tertiary/aromatic N) is 1. The van der Waals surface area contributed by atoms with Crippen molar-refractivity contribution in [1.82, 2.24) is 10.2 Å². The lowest BCUT2D eigenvalue weighted by molar-refractivity contribution is 0.0337. The van der Waals surface area contributed by atoms with Crippen LogP contribution in [0.3, 0.4) is 0 Å². The molecule has 0 spiro atoms. The zero-order valence-corrected chi connectivity index (χ0v) is 15.0. The van der Waals surface area contributed by atoms with Gasteiger partial charge in [-0.15, -0.1) is 0 Å². The maximum Gasteiger partial charge on any atom is 0.407 e. The normalized spacial score (nSPS) is 25.9. The fourth-order valence-corrected chi connectivity index (χ4v) is 3.20. The second kappa shape index (κ2) is 7.35. The summed E-state index contributed by atoms with van der Waals surface area (Å²) in [4.78, 5) is 14.6. The zero-order chi connectivity index (χ0) is 17.0. The minimum absolute atomic E-state index is 0.113. The van der Waals surface area contributed by atoms with Gasteiger partial charge in [0.2, 0.25) is 0 Å². The summed E-state index contributed by atoms with van der Waals surface area (Å²) < 4.78 is 5.42. The Kier molecular flexibility index (Phi) is 5.69. The lowest BCUT2D eigenvalue weighted by atomic mass is 9.87. The van der Waals surface area contributed by atoms with Crippen molar-refractivity contribution < 1.29 is 9.53 Å². The van der Waals surface area contributed by atoms with E-state index < -0.39 is 5.60 Å². The molecule has 4 heteroatoms. The molecule has 1 aromatic rings. The molecule has 1 aliphatic heterocycles. The zero-order valence-electron chi connectivity index (χ0n) is 15.0. The molecule has 1 saturated heterocycles. The van der Waals surface area contributed by atoms with Gasteiger partial charge < -0.3 is 10.1 Å². The number of ether oxygens (including phenoxy) is 1. The van der Waals surface area contributed by atoms with Crippen molar-refractivity contribution in [3.63, 3.8) is 0 Å². The van der Waals surface area contributed by atoms with E-state index in [-0.39, 0.29) is 18.2 Å². The van der Waals surface area contributed by atoms with Crippen molar-refractivity contribution >= 4 is 6.09 Å². The minimum Gasteiger partial charge on any atom is -0.444 e. The molecule has 1 amide bonds. The first-order valence-corrected chi connectivity index (χ1v) is 8.54. The van der Waals surface area contributed by atoms with Crippen LogP contribution >= 0.6 is 0 Å². The number of rotatable bonds is 3. The highest BCUT2D eigenvalue weighted by molar-refractivity contribution is 5.68. The van der Waals surface area contributed by atoms with E-state index in [1.807, 2.05) is 26.8 Å². The predicted molar refractivity (Wildman–Crippen MR) is 93.3 cm³/mol. The molecule has 0 bridgehead atoms. The third kappa shape index (κ3) is 5.24. The highest BCUT2D eigenvalue weighted by atomic mass is 16.6. The quantitative estimate of drug-likeness (QED) is 0.921. The van der Waals surface area contributed by atoms with Gasteiger partial charge in [0, 0.05) is 12.6 Å². The van der Waals surface area contributed by atoms with Crippen molar-refractivity contribution in [3.8, 4) is 0 Å². The van der Waals surface area contributed by atoms with Gasteiger partial charge in [-0.2, -0.15) is 0 Å². The first-order chi connectivity index (χ1) is 10.8. The number of nitrogens with one attached hydrogen (secondary N) is 1. The summed E-state index contributed by atoms with van der Waals surface area (Å²) in [5.74, 6) is 0.449. The molecule has 128 valence electrons. The number of benzene rings is 1. The predicted octanol–water partition coefficient (Wildman–Crippen LogP) is 3.81. The lowest BCUT2D eigenvalue weighted by Gasteiger charge is -2.43. The Morgan fingerprint density at radius 3 is 2.52 bits per heavy atom. The lowest BCUT2D eigenvalue weighted by Crippen LogP contribution is -2.57. The molecular weight excluding hydrogens is 288 g/mol. The van der Waals surface area contributed by atoms with Crippen LogP contribution in [0.15, 0.2) is 30.3 Å². The Bertz CT molecular complexity index is 510. The number of alkyl carbamates (subject to hydrolysis) is 1. The van der Waals surface area contributed by atoms with Crippen LogP contribution in [0.25, 0.3) is 0 Å². The van der Waals surface area contributed by atoms with Gasteiger partial charge in [-0.25, -0.2) is 4.79 Å². The maximum absolute atomic E-state index is 12.1. The number of hydrogen-bond acceptors (Lipinski definition) is 3. The highest BCUT2D eigenvalue weighted by Gasteiger charge is 2.34. The number of likely N-dealkylation sites (tertiary alicyclic amines) is 1. The SMILES string of the molecule is C[C@@H]1CCN(Cc2ccccc2)[C@@H](C)[C@H]1NC(=O)OC(C)(C)C. The smallest absolute Gasteiger partial charge is 0.407 e. The average molecular weight is 318 g/mol. The summed E-state index contributed by atoms with van der Waals surface area (Å²) in [5, 5.41) is 3.09. The molecule has 3 atom stereocenters. The van der Waals surface area contributed by atoms with E-state index in [4.69, 9.17) is 4.74 Å². The van der Waals surface area contributed by atoms with Crippen molar-refractivity contribution in [2.24, 2.45) is 5.92 Å². The standard InChI is InChI=1S/C19H30N2O2/c1-14-11-12-21(13-16-9-7-6-8-10-16)15(2)17(14)20-18(22)23-19(3,4)5/h6-10,14-15,17H,11-13H2,1-5H3,(H,20,22)/t14-,15+,17+/m1/s1. The summed E-state index contributed by atoms with van der Waals surface area (Å²) >= 11 is 0. The number of piperidine rings is 1. The van der Waals surface area contributed by atoms with E-state index >= 15 is 0 Å². The molecule has 4 nitrogen and oxygen atoms in total. The summed E-state index contributed by atoms with van der Waals surface area (Å²) in [7, 11) is 0. The minimum atomic E-state index is -0.463. The van der Waals surface area contributed by atoms with Crippen LogP contribution in [-0.2, 0) is 11.3 Å². The largest absolute Gasteiger partial charge is 0.444 e. The van der Waals surface area contributed by atoms with E-state index in [0.717, 1.165) is 19.5 Å². The third-order valence-electron chi connectivity index (χ3n) is 4.49. The first-order valence-electron chi connectivity index (χ1n) is 8.54. The second-order valence-corrected chi connectivity index (χ2v) is 7.63. The second-order valence-electron chi connectivity index (χ2n) is 7.63. The van der Waals surface area contributed by atoms with Crippen molar-refractivity contribution in [2.75, 3.05) is 6.54 Å². The fourth-order valence-electron chi connectivity index (χ4n) is 3.20. The first kappa shape index (κ1) is 17.8. The molecular formula is C19H30N2O2. The number of amides is 1. The molecule has 0 saturated carbocycles. The van der Waals surface area contributed by atoms with Gasteiger partial charge in [0.05, 0.1) is 6.04 Å². The van der Waals surface area contributed by atoms with Crippen molar-refractivity contribution in [1.29, 1.82) is 0 Å². The Morgan fingerprint density at radius 1 is 1.26 bits per heavy atom. The van der Waals surface area contributed by atoms with Crippen LogP contribution in [0.1, 0.15) is 46.6 Å². The Hall–Kier alpha value is -1.55. The topological polar surface area (TPSA) is 41.6 Å². The van der Waals surface area contributed by atoms with Gasteiger partial charge in [-0.05, 0) is 52.1 Å². The number of hydrogen-bond donors (Lipinski definition) is 1. The molecule has 1 N–H and O–H groups in total. The summed E-state index contributed by atoms with van der Waals surface area (Å²) in [6, 6.07) is 10.9. The molecule has 0 aromatic heterocycles. The van der Waals surface area contributed by atoms with Crippen LogP contribution < -0.4 is 5.32 Å². The molecule has 1 fully saturated rings. The van der Waals surface area contributed by atoms with E-state index in [1.54, 1.807) is 0 Å². The van der Waals surface area contributed by atoms with Crippen LogP contribution in [0.4, 0.5) is 4.79 Å². The van der Waals surface area contributed by atoms with Gasteiger partial charge in [0.15, 0.2) is 0 Å². The molecule has 1 aliphatic rings. The third-order valence-corrected chi connectivity index (χ3v) is 4.49. The van der Waals surface area contributed by atoms with Gasteiger partial charge in [0.1, 0.15) is 5.60 Å². The fraction of sp³-hybridized carbons (Fsp3) is 0.632. The maximum atomic E-state index is 12.1. The van der Waals surface area contributed by atoms with Crippen molar-refractivity contribution in [3.05, 3.63) is 35.9 Å². The van der Waals surface area contributed by atoms with E-state index in [1.165, 1.54) is 5.56 Å². The molecule has 1 heterocycles. The van der Waals surface area contributed by atoms with Crippen LogP contribution in [0.5, 0.6) is 0 Å². The molecule has 2 rings (SSSR count). The molecule has 1 aromatic carbocycles. The molecule has 0 aliphatic carbocycles. The molecule has 23 heavy (non-hydrogen) atoms. The van der Waals surface area contributed by atoms with Gasteiger partial charge in [-0.1, -0.05) is 37.3 Å². The highest BCUT2D eigenvalue weighted by Crippen LogP contribution is 2.25. The van der Waals surface area contributed by atoms with Crippen molar-refractivity contribution in [2.45, 2.75) is 65.3 Å². The van der Waals surface area contributed by atoms with E-state index in [0.29, 0.717) is 5.92 Å². The van der Waals surface area contributed by atoms with Gasteiger partial charge in [0.25, 0.3) is 0 Å². The summed E-state index contributed by atoms with van der Waals surface area (Å²) in [6.07, 6.45) is 0.764. The van der Waals surface area contributed by atoms with Crippen LogP contribution in [-0.4, -0.2) is 35.2 Å². The van der Waals surface area contributed by atoms with Crippen LogP contribution in [0, 0.1) is 5.92 Å². The molecule has 0 radical (unpaired) electrons. The number of carbonyl (C=O) groups excluding carboxylic acids is 1. The number of carbonyl (C=O) groups is 1. The monoisotopic (exact) mass is 318 g/mol. The Balaban J connectivity index is 1.99. The average Bonchev–Trinajstić information content (AvgIpc) is 2.46. The van der Waals surface area contributed by atoms with Crippen LogP contribution in [0.2, 0.25) is 0 Å². The Morgan fingerprint density at radius 2 is 1.91 bits per heavy atom. The summed E-state index contributed by atoms with van der Waals surface area (Å²) in [5.41, 5.74) is 0.847. The summed E-state index contributed by atoms with van der Waals surface area (Å²) in [6.45, 7) is 12.1. The molecule has 0 unspecified atom stereocenters. The van der Waals surface area contributed by atoms with Gasteiger partial charge >= 0.3 is 6.09 Å². The van der Waals surface area contributed by atoms with E-state index in [9.17, 15) is 4.79 Å². The van der Waals surface area contributed by atoms with Gasteiger partial charge in [-0.3, -0.25) is 4.90 Å². The van der Waals surface area contributed by atoms with E-state index in [2.05, 4.69) is 48.3 Å². The Labute approximate surface area is 140 Å².